The van der Waals surface area contributed by atoms with E-state index in [0.717, 1.165) is 12.2 Å². The van der Waals surface area contributed by atoms with Crippen LogP contribution in [0.2, 0.25) is 0 Å². The summed E-state index contributed by atoms with van der Waals surface area (Å²) in [6, 6.07) is 9.03. The van der Waals surface area contributed by atoms with Gasteiger partial charge in [-0.25, -0.2) is 0 Å². The highest BCUT2D eigenvalue weighted by Crippen LogP contribution is 2.34. The van der Waals surface area contributed by atoms with Crippen LogP contribution in [0.3, 0.4) is 0 Å². The van der Waals surface area contributed by atoms with E-state index in [1.807, 2.05) is 6.07 Å². The maximum absolute atomic E-state index is 5.91. The van der Waals surface area contributed by atoms with E-state index in [0.29, 0.717) is 11.5 Å². The van der Waals surface area contributed by atoms with Gasteiger partial charge in [-0.1, -0.05) is 33.3 Å². The van der Waals surface area contributed by atoms with Crippen LogP contribution < -0.4 is 10.1 Å². The molecule has 118 valence electrons. The van der Waals surface area contributed by atoms with Gasteiger partial charge in [-0.2, -0.15) is 0 Å². The standard InChI is InChI=1S/C19H31NO/c1-5-15(2)21-18-10-6-8-17(14-18)20-16-9-7-12-19(3,4)13-11-16/h6,8,10,14-16,20H,5,7,9,11-13H2,1-4H3. The molecule has 2 nitrogen and oxygen atoms in total. The van der Waals surface area contributed by atoms with Crippen LogP contribution in [0.15, 0.2) is 24.3 Å². The minimum absolute atomic E-state index is 0.277. The van der Waals surface area contributed by atoms with E-state index in [-0.39, 0.29) is 6.10 Å². The zero-order valence-corrected chi connectivity index (χ0v) is 14.1. The van der Waals surface area contributed by atoms with Crippen molar-refractivity contribution in [1.82, 2.24) is 0 Å². The highest BCUT2D eigenvalue weighted by molar-refractivity contribution is 5.48. The molecule has 21 heavy (non-hydrogen) atoms. The molecule has 2 atom stereocenters. The summed E-state index contributed by atoms with van der Waals surface area (Å²) in [4.78, 5) is 0. The Morgan fingerprint density at radius 2 is 2.10 bits per heavy atom. The first-order valence-electron chi connectivity index (χ1n) is 8.52. The lowest BCUT2D eigenvalue weighted by molar-refractivity contribution is 0.217. The molecule has 2 unspecified atom stereocenters. The fourth-order valence-corrected chi connectivity index (χ4v) is 3.02. The van der Waals surface area contributed by atoms with E-state index in [1.54, 1.807) is 0 Å². The number of benzene rings is 1. The fourth-order valence-electron chi connectivity index (χ4n) is 3.02. The maximum atomic E-state index is 5.91. The van der Waals surface area contributed by atoms with Crippen LogP contribution in [0.5, 0.6) is 5.75 Å². The zero-order valence-electron chi connectivity index (χ0n) is 14.1. The highest BCUT2D eigenvalue weighted by Gasteiger charge is 2.24. The molecule has 1 aromatic carbocycles. The Hall–Kier alpha value is -1.18. The van der Waals surface area contributed by atoms with E-state index in [4.69, 9.17) is 4.74 Å². The molecule has 1 aromatic rings. The molecule has 0 aromatic heterocycles. The van der Waals surface area contributed by atoms with Gasteiger partial charge in [-0.05, 0) is 56.6 Å². The number of hydrogen-bond acceptors (Lipinski definition) is 2. The van der Waals surface area contributed by atoms with Crippen molar-refractivity contribution < 1.29 is 4.74 Å². The number of ether oxygens (including phenoxy) is 1. The summed E-state index contributed by atoms with van der Waals surface area (Å²) in [6.07, 6.45) is 7.85. The van der Waals surface area contributed by atoms with Crippen LogP contribution in [0.1, 0.15) is 66.2 Å². The molecular formula is C19H31NO. The van der Waals surface area contributed by atoms with Crippen molar-refractivity contribution in [2.75, 3.05) is 5.32 Å². The van der Waals surface area contributed by atoms with Crippen molar-refractivity contribution in [1.29, 1.82) is 0 Å². The fraction of sp³-hybridized carbons (Fsp3) is 0.684. The number of hydrogen-bond donors (Lipinski definition) is 1. The van der Waals surface area contributed by atoms with Gasteiger partial charge in [-0.15, -0.1) is 0 Å². The van der Waals surface area contributed by atoms with Crippen LogP contribution in [0.25, 0.3) is 0 Å². The van der Waals surface area contributed by atoms with Gasteiger partial charge in [0.05, 0.1) is 6.10 Å². The Morgan fingerprint density at radius 1 is 1.29 bits per heavy atom. The minimum atomic E-state index is 0.277. The molecule has 0 spiro atoms. The van der Waals surface area contributed by atoms with Crippen molar-refractivity contribution in [3.05, 3.63) is 24.3 Å². The molecule has 1 saturated carbocycles. The average Bonchev–Trinajstić information content (AvgIpc) is 2.60. The number of rotatable bonds is 5. The van der Waals surface area contributed by atoms with Crippen LogP contribution >= 0.6 is 0 Å². The maximum Gasteiger partial charge on any atom is 0.121 e. The summed E-state index contributed by atoms with van der Waals surface area (Å²) < 4.78 is 5.91. The molecule has 2 rings (SSSR count). The van der Waals surface area contributed by atoms with Crippen molar-refractivity contribution in [2.24, 2.45) is 5.41 Å². The van der Waals surface area contributed by atoms with Gasteiger partial charge >= 0.3 is 0 Å². The third-order valence-corrected chi connectivity index (χ3v) is 4.69. The van der Waals surface area contributed by atoms with Crippen molar-refractivity contribution >= 4 is 5.69 Å². The summed E-state index contributed by atoms with van der Waals surface area (Å²) in [5.41, 5.74) is 1.71. The predicted octanol–water partition coefficient (Wildman–Crippen LogP) is 5.63. The van der Waals surface area contributed by atoms with E-state index in [9.17, 15) is 0 Å². The van der Waals surface area contributed by atoms with Crippen LogP contribution in [0.4, 0.5) is 5.69 Å². The third-order valence-electron chi connectivity index (χ3n) is 4.69. The quantitative estimate of drug-likeness (QED) is 0.709. The van der Waals surface area contributed by atoms with Gasteiger partial charge < -0.3 is 10.1 Å². The van der Waals surface area contributed by atoms with E-state index < -0.39 is 0 Å². The Labute approximate surface area is 130 Å². The van der Waals surface area contributed by atoms with Crippen molar-refractivity contribution in [3.8, 4) is 5.75 Å². The van der Waals surface area contributed by atoms with Crippen LogP contribution in [0, 0.1) is 5.41 Å². The monoisotopic (exact) mass is 289 g/mol. The van der Waals surface area contributed by atoms with Crippen LogP contribution in [-0.2, 0) is 0 Å². The predicted molar refractivity (Wildman–Crippen MR) is 91.1 cm³/mol. The lowest BCUT2D eigenvalue weighted by atomic mass is 9.85. The Balaban J connectivity index is 1.94. The first kappa shape index (κ1) is 16.2. The van der Waals surface area contributed by atoms with E-state index in [1.165, 1.54) is 37.8 Å². The van der Waals surface area contributed by atoms with Gasteiger partial charge in [-0.3, -0.25) is 0 Å². The molecule has 0 heterocycles. The summed E-state index contributed by atoms with van der Waals surface area (Å²) in [6.45, 7) is 9.07. The number of nitrogens with one attached hydrogen (secondary N) is 1. The molecule has 0 saturated heterocycles. The second kappa shape index (κ2) is 7.20. The van der Waals surface area contributed by atoms with Gasteiger partial charge in [0, 0.05) is 17.8 Å². The molecule has 0 aliphatic heterocycles. The Bertz CT molecular complexity index is 441. The minimum Gasteiger partial charge on any atom is -0.491 e. The molecule has 1 fully saturated rings. The normalized spacial score (nSPS) is 23.1. The average molecular weight is 289 g/mol. The zero-order chi connectivity index (χ0) is 15.3. The Morgan fingerprint density at radius 3 is 2.86 bits per heavy atom. The molecule has 1 aliphatic carbocycles. The summed E-state index contributed by atoms with van der Waals surface area (Å²) in [5.74, 6) is 0.975. The SMILES string of the molecule is CCC(C)Oc1cccc(NC2CCCC(C)(C)CC2)c1. The molecule has 1 aliphatic rings. The lowest BCUT2D eigenvalue weighted by Gasteiger charge is -2.22. The van der Waals surface area contributed by atoms with Gasteiger partial charge in [0.15, 0.2) is 0 Å². The first-order chi connectivity index (χ1) is 9.98. The first-order valence-corrected chi connectivity index (χ1v) is 8.52. The largest absolute Gasteiger partial charge is 0.491 e. The molecule has 0 radical (unpaired) electrons. The summed E-state index contributed by atoms with van der Waals surface area (Å²) >= 11 is 0. The van der Waals surface area contributed by atoms with Crippen molar-refractivity contribution in [2.45, 2.75) is 78.4 Å². The van der Waals surface area contributed by atoms with Gasteiger partial charge in [0.25, 0.3) is 0 Å². The lowest BCUT2D eigenvalue weighted by Crippen LogP contribution is -2.19. The summed E-state index contributed by atoms with van der Waals surface area (Å²) in [7, 11) is 0. The van der Waals surface area contributed by atoms with Gasteiger partial charge in [0.1, 0.15) is 5.75 Å². The third kappa shape index (κ3) is 5.26. The smallest absolute Gasteiger partial charge is 0.121 e. The molecule has 1 N–H and O–H groups in total. The Kier molecular flexibility index (Phi) is 5.55. The van der Waals surface area contributed by atoms with E-state index in [2.05, 4.69) is 51.2 Å². The second-order valence-electron chi connectivity index (χ2n) is 7.30. The summed E-state index contributed by atoms with van der Waals surface area (Å²) in [5, 5.41) is 3.71. The van der Waals surface area contributed by atoms with E-state index >= 15 is 0 Å². The molecular weight excluding hydrogens is 258 g/mol. The molecule has 0 amide bonds. The number of anilines is 1. The van der Waals surface area contributed by atoms with Gasteiger partial charge in [0.2, 0.25) is 0 Å². The second-order valence-corrected chi connectivity index (χ2v) is 7.30. The molecule has 0 bridgehead atoms. The van der Waals surface area contributed by atoms with Crippen molar-refractivity contribution in [3.63, 3.8) is 0 Å². The molecule has 2 heteroatoms. The topological polar surface area (TPSA) is 21.3 Å². The van der Waals surface area contributed by atoms with Crippen LogP contribution in [-0.4, -0.2) is 12.1 Å². The highest BCUT2D eigenvalue weighted by atomic mass is 16.5.